The van der Waals surface area contributed by atoms with Gasteiger partial charge in [-0.25, -0.2) is 28.9 Å². The van der Waals surface area contributed by atoms with Gasteiger partial charge in [0.1, 0.15) is 60.0 Å². The molecular weight excluding hydrogens is 938 g/mol. The van der Waals surface area contributed by atoms with Crippen LogP contribution in [0.1, 0.15) is 36.6 Å². The first-order chi connectivity index (χ1) is 32.1. The minimum Gasteiger partial charge on any atom is -0.389 e. The molecule has 0 bridgehead atoms. The molecule has 368 valence electrons. The Morgan fingerprint density at radius 1 is 0.985 bits per heavy atom. The highest BCUT2D eigenvalue weighted by atomic mass is 31.3. The zero-order chi connectivity index (χ0) is 49.0. The number of anilines is 5. The second-order valence-electron chi connectivity index (χ2n) is 16.9. The molecule has 3 aromatic heterocycles. The van der Waals surface area contributed by atoms with Crippen LogP contribution in [0.5, 0.6) is 0 Å². The second-order valence-corrected chi connectivity index (χ2v) is 19.9. The number of phosphoric ester groups is 2. The van der Waals surface area contributed by atoms with Crippen LogP contribution in [0.2, 0.25) is 0 Å². The number of imidazole rings is 1. The van der Waals surface area contributed by atoms with Gasteiger partial charge in [0.2, 0.25) is 0 Å². The van der Waals surface area contributed by atoms with Crippen LogP contribution < -0.4 is 26.8 Å². The summed E-state index contributed by atoms with van der Waals surface area (Å²) in [5.41, 5.74) is 9.27. The van der Waals surface area contributed by atoms with Crippen molar-refractivity contribution >= 4 is 55.5 Å². The van der Waals surface area contributed by atoms with Crippen molar-refractivity contribution in [2.75, 3.05) is 48.9 Å². The molecule has 0 amide bonds. The maximum absolute atomic E-state index is 13.6. The summed E-state index contributed by atoms with van der Waals surface area (Å²) in [6, 6.07) is 3.60. The van der Waals surface area contributed by atoms with Gasteiger partial charge in [-0.05, 0) is 79.8 Å². The van der Waals surface area contributed by atoms with E-state index >= 15 is 0 Å². The minimum atomic E-state index is -5.59. The van der Waals surface area contributed by atoms with E-state index in [0.717, 1.165) is 35.9 Å². The average molecular weight is 991 g/mol. The van der Waals surface area contributed by atoms with E-state index < -0.39 is 95.6 Å². The molecule has 4 aliphatic rings. The summed E-state index contributed by atoms with van der Waals surface area (Å²) in [4.78, 5) is 68.8. The maximum Gasteiger partial charge on any atom is 0.481 e. The maximum atomic E-state index is 13.6. The number of benzene rings is 1. The van der Waals surface area contributed by atoms with Crippen LogP contribution >= 0.6 is 15.6 Å². The number of ether oxygens (including phenoxy) is 1. The Labute approximate surface area is 386 Å². The third-order valence-corrected chi connectivity index (χ3v) is 14.9. The van der Waals surface area contributed by atoms with Crippen molar-refractivity contribution in [3.63, 3.8) is 0 Å². The summed E-state index contributed by atoms with van der Waals surface area (Å²) in [5.74, 6) is -0.0262. The highest BCUT2D eigenvalue weighted by Gasteiger charge is 2.47. The van der Waals surface area contributed by atoms with E-state index in [0.29, 0.717) is 17.8 Å². The van der Waals surface area contributed by atoms with E-state index in [1.54, 1.807) is 11.0 Å². The number of nitrogens with one attached hydrogen (secondary N) is 2. The smallest absolute Gasteiger partial charge is 0.389 e. The molecule has 26 nitrogen and oxygen atoms in total. The lowest BCUT2D eigenvalue weighted by Gasteiger charge is -2.40. The molecule has 3 unspecified atom stereocenters. The molecule has 2 fully saturated rings. The lowest BCUT2D eigenvalue weighted by Crippen LogP contribution is -2.47. The number of hydrogen-bond acceptors (Lipinski definition) is 21. The van der Waals surface area contributed by atoms with Crippen LogP contribution in [0.3, 0.4) is 0 Å². The number of nitrogens with two attached hydrogens (primary N) is 1. The fourth-order valence-electron chi connectivity index (χ4n) is 8.70. The van der Waals surface area contributed by atoms with Gasteiger partial charge >= 0.3 is 21.3 Å². The number of rotatable bonds is 17. The Balaban J connectivity index is 0.908. The molecule has 0 radical (unpaired) electrons. The summed E-state index contributed by atoms with van der Waals surface area (Å²) in [7, 11) is -9.19. The molecule has 4 aromatic rings. The summed E-state index contributed by atoms with van der Waals surface area (Å²) >= 11 is 0. The van der Waals surface area contributed by atoms with Gasteiger partial charge in [0.15, 0.2) is 17.7 Å². The summed E-state index contributed by atoms with van der Waals surface area (Å²) in [6.45, 7) is 1.05. The Morgan fingerprint density at radius 2 is 1.69 bits per heavy atom. The van der Waals surface area contributed by atoms with Gasteiger partial charge in [-0.1, -0.05) is 12.2 Å². The monoisotopic (exact) mass is 990 g/mol. The molecule has 1 aromatic carbocycles. The first-order valence-electron chi connectivity index (χ1n) is 21.3. The molecular formula is C40H52N10O16P2. The number of H-pyrrole nitrogens is 2. The van der Waals surface area contributed by atoms with Crippen LogP contribution in [0.15, 0.2) is 70.0 Å². The van der Waals surface area contributed by atoms with Crippen LogP contribution in [-0.4, -0.2) is 157 Å². The van der Waals surface area contributed by atoms with Gasteiger partial charge in [0.25, 0.3) is 5.56 Å². The minimum absolute atomic E-state index is 0.00561. The Kier molecular flexibility index (Phi) is 14.0. The van der Waals surface area contributed by atoms with Gasteiger partial charge in [0.05, 0.1) is 49.6 Å². The summed E-state index contributed by atoms with van der Waals surface area (Å²) < 4.78 is 46.2. The number of aliphatic hydroxyl groups excluding tert-OH is 6. The van der Waals surface area contributed by atoms with Crippen molar-refractivity contribution in [2.45, 2.75) is 88.1 Å². The molecule has 1 saturated heterocycles. The first-order valence-corrected chi connectivity index (χ1v) is 24.3. The zero-order valence-corrected chi connectivity index (χ0v) is 38.5. The normalized spacial score (nSPS) is 25.6. The van der Waals surface area contributed by atoms with Crippen LogP contribution in [-0.2, 0) is 27.2 Å². The summed E-state index contributed by atoms with van der Waals surface area (Å²) in [6.07, 6.45) is -0.591. The number of aromatic amines is 2. The molecule has 68 heavy (non-hydrogen) atoms. The third kappa shape index (κ3) is 9.97. The van der Waals surface area contributed by atoms with E-state index in [1.165, 1.54) is 21.4 Å². The Bertz CT molecular complexity index is 2870. The highest BCUT2D eigenvalue weighted by Crippen LogP contribution is 2.60. The van der Waals surface area contributed by atoms with E-state index in [-0.39, 0.29) is 41.1 Å². The fraction of sp³-hybridized carbons (Fsp3) is 0.475. The standard InChI is InChI=1S/C40H52N10O16P2/c1-19-11-25-26(12-20(19)2)49(37-31(38(57)46-40(58)45-37)48(25)10-4-9-47(3)24-8-6-21-5-7-22(51)13-23(21)24)14-27(52)32(54)28(53)15-63-67(59,60)66-68(61,62)64-16-29-33(55)34(56)39(65-29)50-18-44-30-35(41)42-17-43-36(30)50/h4-5,9,11-13,17-18,22,24,27-29,32-34,39,51-56H,6-8,10,14-16H2,1-3H3,(H,59,60)(H,61,62)(H2,41,42,43)(H2,45,46,57,58)/b9-4+/t22?,24-,27+,28-,29-,32+,33-,34-,39-/m1/s1. The average Bonchev–Trinajstić information content (AvgIpc) is 3.98. The van der Waals surface area contributed by atoms with Gasteiger partial charge < -0.3 is 65.6 Å². The van der Waals surface area contributed by atoms with Crippen molar-refractivity contribution in [3.8, 4) is 0 Å². The Hall–Kier alpha value is -5.15. The van der Waals surface area contributed by atoms with Gasteiger partial charge in [-0.15, -0.1) is 0 Å². The SMILES string of the molecule is Cc1cc2c(cc1C)N(C/C=C/N(C)[C@@H]1CCC3=CCC(O)C=C31)c1c([nH]c(=O)[nH]c1=O)N2C[C@H](O)[C@H](O)[C@H](O)COP(=O)(O)OP(=O)(O)OC[C@H]1O[C@@H](n2cnc3c(N)ncnc32)[C@H](O)[C@@H]1O. The van der Waals surface area contributed by atoms with Crippen molar-refractivity contribution in [2.24, 2.45) is 0 Å². The number of fused-ring (bicyclic) bond motifs is 4. The van der Waals surface area contributed by atoms with Crippen LogP contribution in [0.25, 0.3) is 11.2 Å². The molecule has 28 heteroatoms. The number of aliphatic hydroxyl groups is 6. The first kappa shape index (κ1) is 49.3. The highest BCUT2D eigenvalue weighted by molar-refractivity contribution is 7.61. The molecule has 8 rings (SSSR count). The lowest BCUT2D eigenvalue weighted by molar-refractivity contribution is -0.0719. The number of nitrogens with zero attached hydrogens (tertiary/aromatic N) is 7. The van der Waals surface area contributed by atoms with Gasteiger partial charge in [-0.2, -0.15) is 4.31 Å². The number of aromatic nitrogens is 6. The number of likely N-dealkylation sites (N-methyl/N-ethyl adjacent to an activating group) is 1. The van der Waals surface area contributed by atoms with E-state index in [1.807, 2.05) is 50.2 Å². The fourth-order valence-corrected chi connectivity index (χ4v) is 10.8. The number of aryl methyl sites for hydroxylation is 2. The molecule has 5 heterocycles. The zero-order valence-electron chi connectivity index (χ0n) is 36.7. The topological polar surface area (TPSA) is 378 Å². The van der Waals surface area contributed by atoms with Crippen LogP contribution in [0, 0.1) is 13.8 Å². The van der Waals surface area contributed by atoms with Crippen molar-refractivity contribution in [1.29, 1.82) is 0 Å². The molecule has 0 spiro atoms. The van der Waals surface area contributed by atoms with E-state index in [2.05, 4.69) is 39.8 Å². The number of β-amino-alcohol motifs (C(OH)–C–C–N with tert-alkyl or cyclic N) is 1. The lowest BCUT2D eigenvalue weighted by atomic mass is 9.97. The predicted molar refractivity (Wildman–Crippen MR) is 241 cm³/mol. The van der Waals surface area contributed by atoms with Crippen molar-refractivity contribution < 1.29 is 67.7 Å². The molecule has 2 aliphatic carbocycles. The Morgan fingerprint density at radius 3 is 2.43 bits per heavy atom. The third-order valence-electron chi connectivity index (χ3n) is 12.3. The largest absolute Gasteiger partial charge is 0.481 e. The summed E-state index contributed by atoms with van der Waals surface area (Å²) in [5, 5.41) is 64.7. The molecule has 2 aliphatic heterocycles. The quantitative estimate of drug-likeness (QED) is 0.0614. The second kappa shape index (κ2) is 19.3. The number of phosphoric acid groups is 2. The predicted octanol–water partition coefficient (Wildman–Crippen LogP) is -0.130. The van der Waals surface area contributed by atoms with Crippen LogP contribution in [0.4, 0.5) is 28.7 Å². The molecule has 1 saturated carbocycles. The van der Waals surface area contributed by atoms with Gasteiger partial charge in [0, 0.05) is 13.6 Å². The van der Waals surface area contributed by atoms with E-state index in [4.69, 9.17) is 15.0 Å². The van der Waals surface area contributed by atoms with Crippen molar-refractivity contribution in [3.05, 3.63) is 92.3 Å². The van der Waals surface area contributed by atoms with Crippen molar-refractivity contribution in [1.82, 2.24) is 34.4 Å². The number of nitrogen functional groups attached to an aromatic ring is 1. The molecule has 12 N–H and O–H groups in total. The molecule has 11 atom stereocenters. The van der Waals surface area contributed by atoms with E-state index in [9.17, 15) is 59.1 Å². The van der Waals surface area contributed by atoms with Gasteiger partial charge in [-0.3, -0.25) is 28.4 Å². The number of hydrogen-bond donors (Lipinski definition) is 11.